The number of benzene rings is 2. The average Bonchev–Trinajstić information content (AvgIpc) is 2.80. The van der Waals surface area contributed by atoms with Gasteiger partial charge in [0.1, 0.15) is 23.1 Å². The fourth-order valence-electron chi connectivity index (χ4n) is 3.53. The molecule has 1 heterocycles. The monoisotopic (exact) mass is 432 g/mol. The number of carbonyl (C=O) groups is 1. The number of nitrogens with zero attached hydrogens (tertiary/aromatic N) is 2. The largest absolute Gasteiger partial charge is 0.497 e. The number of ketones is 1. The highest BCUT2D eigenvalue weighted by Gasteiger charge is 2.26. The highest BCUT2D eigenvalue weighted by molar-refractivity contribution is 6.13. The number of hydrogen-bond acceptors (Lipinski definition) is 6. The van der Waals surface area contributed by atoms with Gasteiger partial charge in [-0.15, -0.1) is 0 Å². The maximum Gasteiger partial charge on any atom is 0.271 e. The second-order valence-corrected chi connectivity index (χ2v) is 7.12. The van der Waals surface area contributed by atoms with Gasteiger partial charge in [-0.2, -0.15) is 5.26 Å². The summed E-state index contributed by atoms with van der Waals surface area (Å²) in [5.74, 6) is 0.0973. The minimum absolute atomic E-state index is 0.0805. The number of aromatic hydroxyl groups is 1. The Morgan fingerprint density at radius 1 is 1.16 bits per heavy atom. The zero-order valence-electron chi connectivity index (χ0n) is 18.2. The Balaban J connectivity index is 2.07. The fraction of sp³-hybridized carbons (Fsp3) is 0.240. The Morgan fingerprint density at radius 3 is 2.47 bits per heavy atom. The second kappa shape index (κ2) is 9.84. The van der Waals surface area contributed by atoms with E-state index in [1.54, 1.807) is 50.4 Å². The predicted octanol–water partition coefficient (Wildman–Crippen LogP) is 3.62. The van der Waals surface area contributed by atoms with Crippen LogP contribution in [0.2, 0.25) is 0 Å². The van der Waals surface area contributed by atoms with Crippen LogP contribution >= 0.6 is 0 Å². The molecule has 0 unspecified atom stereocenters. The van der Waals surface area contributed by atoms with Crippen LogP contribution < -0.4 is 15.0 Å². The van der Waals surface area contributed by atoms with Crippen LogP contribution in [-0.2, 0) is 13.0 Å². The number of aromatic nitrogens is 1. The summed E-state index contributed by atoms with van der Waals surface area (Å²) < 4.78 is 11.8. The van der Waals surface area contributed by atoms with Crippen LogP contribution in [0.5, 0.6) is 17.4 Å². The number of carbonyl (C=O) groups excluding carboxylic acids is 1. The number of methoxy groups -OCH3 is 1. The molecule has 0 radical (unpaired) electrons. The molecule has 1 aromatic heterocycles. The van der Waals surface area contributed by atoms with Gasteiger partial charge >= 0.3 is 0 Å². The normalized spacial score (nSPS) is 10.4. The Kier molecular flexibility index (Phi) is 6.96. The highest BCUT2D eigenvalue weighted by Crippen LogP contribution is 2.29. The highest BCUT2D eigenvalue weighted by atomic mass is 16.5. The molecule has 32 heavy (non-hydrogen) atoms. The number of ether oxygens (including phenoxy) is 2. The van der Waals surface area contributed by atoms with Crippen molar-refractivity contribution in [1.82, 2.24) is 4.57 Å². The maximum absolute atomic E-state index is 13.4. The molecule has 0 aliphatic rings. The minimum atomic E-state index is -0.634. The molecule has 0 spiro atoms. The van der Waals surface area contributed by atoms with Crippen LogP contribution in [0.15, 0.2) is 53.3 Å². The Morgan fingerprint density at radius 2 is 1.84 bits per heavy atom. The lowest BCUT2D eigenvalue weighted by atomic mass is 9.96. The lowest BCUT2D eigenvalue weighted by Crippen LogP contribution is -2.27. The molecule has 164 valence electrons. The number of pyridine rings is 1. The first-order valence-corrected chi connectivity index (χ1v) is 10.2. The summed E-state index contributed by atoms with van der Waals surface area (Å²) in [6.07, 6.45) is 0.411. The summed E-state index contributed by atoms with van der Waals surface area (Å²) in [6.45, 7) is 3.75. The molecular formula is C25H24N2O5. The standard InChI is InChI=1S/C25H24N2O5/c1-4-32-21-8-6-5-7-19(21)23(28)22-16(2)20(15-26)24(29)27(25(22)30)14-13-17-9-11-18(31-3)12-10-17/h5-12,30H,4,13-14H2,1-3H3. The minimum Gasteiger partial charge on any atom is -0.497 e. The number of rotatable bonds is 8. The number of nitriles is 1. The zero-order valence-corrected chi connectivity index (χ0v) is 18.2. The van der Waals surface area contributed by atoms with E-state index in [1.807, 2.05) is 18.2 Å². The van der Waals surface area contributed by atoms with Crippen LogP contribution in [0.3, 0.4) is 0 Å². The molecule has 0 aliphatic heterocycles. The first kappa shape index (κ1) is 22.6. The molecule has 3 aromatic rings. The Hall–Kier alpha value is -4.05. The van der Waals surface area contributed by atoms with Gasteiger partial charge in [0, 0.05) is 6.54 Å². The average molecular weight is 432 g/mol. The Labute approximate surface area is 186 Å². The topological polar surface area (TPSA) is 102 Å². The molecule has 7 heteroatoms. The van der Waals surface area contributed by atoms with Crippen LogP contribution in [0, 0.1) is 18.3 Å². The van der Waals surface area contributed by atoms with Gasteiger partial charge in [0.05, 0.1) is 24.8 Å². The van der Waals surface area contributed by atoms with E-state index >= 15 is 0 Å². The first-order valence-electron chi connectivity index (χ1n) is 10.2. The van der Waals surface area contributed by atoms with Crippen LogP contribution in [0.1, 0.15) is 39.5 Å². The van der Waals surface area contributed by atoms with E-state index < -0.39 is 17.2 Å². The zero-order chi connectivity index (χ0) is 23.3. The van der Waals surface area contributed by atoms with E-state index in [4.69, 9.17) is 9.47 Å². The van der Waals surface area contributed by atoms with E-state index in [0.29, 0.717) is 24.5 Å². The van der Waals surface area contributed by atoms with E-state index in [1.165, 1.54) is 6.92 Å². The molecule has 0 bridgehead atoms. The molecule has 0 fully saturated rings. The van der Waals surface area contributed by atoms with Crippen molar-refractivity contribution < 1.29 is 19.4 Å². The van der Waals surface area contributed by atoms with Crippen molar-refractivity contribution in [3.8, 4) is 23.4 Å². The van der Waals surface area contributed by atoms with Crippen molar-refractivity contribution in [2.75, 3.05) is 13.7 Å². The smallest absolute Gasteiger partial charge is 0.271 e. The van der Waals surface area contributed by atoms with Crippen molar-refractivity contribution in [2.45, 2.75) is 26.8 Å². The SMILES string of the molecule is CCOc1ccccc1C(=O)c1c(C)c(C#N)c(=O)n(CCc2ccc(OC)cc2)c1O. The molecule has 2 aromatic carbocycles. The quantitative estimate of drug-likeness (QED) is 0.546. The van der Waals surface area contributed by atoms with Gasteiger partial charge < -0.3 is 14.6 Å². The van der Waals surface area contributed by atoms with Gasteiger partial charge in [0.25, 0.3) is 5.56 Å². The summed E-state index contributed by atoms with van der Waals surface area (Å²) in [7, 11) is 1.57. The summed E-state index contributed by atoms with van der Waals surface area (Å²) in [5, 5.41) is 20.5. The predicted molar refractivity (Wildman–Crippen MR) is 120 cm³/mol. The summed E-state index contributed by atoms with van der Waals surface area (Å²) >= 11 is 0. The molecular weight excluding hydrogens is 408 g/mol. The molecule has 1 N–H and O–H groups in total. The van der Waals surface area contributed by atoms with Crippen molar-refractivity contribution >= 4 is 5.78 Å². The van der Waals surface area contributed by atoms with E-state index in [0.717, 1.165) is 10.1 Å². The van der Waals surface area contributed by atoms with Gasteiger partial charge in [0.2, 0.25) is 11.7 Å². The van der Waals surface area contributed by atoms with Crippen LogP contribution in [-0.4, -0.2) is 29.2 Å². The molecule has 0 amide bonds. The molecule has 3 rings (SSSR count). The van der Waals surface area contributed by atoms with Crippen LogP contribution in [0.4, 0.5) is 0 Å². The molecule has 7 nitrogen and oxygen atoms in total. The molecule has 0 aliphatic carbocycles. The summed E-state index contributed by atoms with van der Waals surface area (Å²) in [4.78, 5) is 26.2. The van der Waals surface area contributed by atoms with E-state index in [2.05, 4.69) is 0 Å². The van der Waals surface area contributed by atoms with Crippen molar-refractivity contribution in [3.05, 3.63) is 86.7 Å². The van der Waals surface area contributed by atoms with Crippen molar-refractivity contribution in [1.29, 1.82) is 5.26 Å². The van der Waals surface area contributed by atoms with Gasteiger partial charge in [-0.25, -0.2) is 0 Å². The van der Waals surface area contributed by atoms with Gasteiger partial charge in [-0.05, 0) is 55.7 Å². The first-order chi connectivity index (χ1) is 15.4. The third-order valence-corrected chi connectivity index (χ3v) is 5.24. The lowest BCUT2D eigenvalue weighted by molar-refractivity contribution is 0.103. The van der Waals surface area contributed by atoms with Gasteiger partial charge in [-0.3, -0.25) is 14.2 Å². The van der Waals surface area contributed by atoms with E-state index in [9.17, 15) is 20.0 Å². The number of para-hydroxylation sites is 1. The number of hydrogen-bond donors (Lipinski definition) is 1. The second-order valence-electron chi connectivity index (χ2n) is 7.12. The Bertz CT molecular complexity index is 1240. The molecule has 0 atom stereocenters. The van der Waals surface area contributed by atoms with E-state index in [-0.39, 0.29) is 28.8 Å². The number of aryl methyl sites for hydroxylation is 1. The molecule has 0 saturated carbocycles. The summed E-state index contributed by atoms with van der Waals surface area (Å²) in [5.41, 5.74) is 0.415. The third-order valence-electron chi connectivity index (χ3n) is 5.24. The third kappa shape index (κ3) is 4.35. The van der Waals surface area contributed by atoms with Crippen LogP contribution in [0.25, 0.3) is 0 Å². The fourth-order valence-corrected chi connectivity index (χ4v) is 3.53. The van der Waals surface area contributed by atoms with Crippen molar-refractivity contribution in [2.24, 2.45) is 0 Å². The van der Waals surface area contributed by atoms with Crippen molar-refractivity contribution in [3.63, 3.8) is 0 Å². The lowest BCUT2D eigenvalue weighted by Gasteiger charge is -2.17. The van der Waals surface area contributed by atoms with Gasteiger partial charge in [0.15, 0.2) is 0 Å². The van der Waals surface area contributed by atoms with Gasteiger partial charge in [-0.1, -0.05) is 24.3 Å². The summed E-state index contributed by atoms with van der Waals surface area (Å²) in [6, 6.07) is 15.9. The molecule has 0 saturated heterocycles. The maximum atomic E-state index is 13.4.